The van der Waals surface area contributed by atoms with E-state index in [0.717, 1.165) is 87.6 Å². The molecule has 0 aliphatic rings. The molecule has 2 unspecified atom stereocenters. The van der Waals surface area contributed by atoms with E-state index >= 15 is 0 Å². The third-order valence-electron chi connectivity index (χ3n) is 19.3. The topological polar surface area (TPSA) is 77.4 Å². The summed E-state index contributed by atoms with van der Waals surface area (Å²) in [6.07, 6.45) is 68.2. The van der Waals surface area contributed by atoms with E-state index in [1.807, 2.05) is 0 Å². The Morgan fingerprint density at radius 3 is 0.571 bits per heavy atom. The van der Waals surface area contributed by atoms with Crippen molar-refractivity contribution in [2.75, 3.05) is 52.9 Å². The fraction of sp³-hybridized carbons (Fsp3) is 1.00. The number of ether oxygens (including phenoxy) is 4. The zero-order valence-corrected chi connectivity index (χ0v) is 59.3. The first-order valence-electron chi connectivity index (χ1n) is 38.5. The largest absolute Gasteiger partial charge is 0.394 e. The minimum atomic E-state index is -0.181. The first kappa shape index (κ1) is 83.8. The highest BCUT2D eigenvalue weighted by molar-refractivity contribution is 4.65. The second kappa shape index (κ2) is 65.7. The van der Waals surface area contributed by atoms with Crippen LogP contribution in [0.1, 0.15) is 390 Å². The van der Waals surface area contributed by atoms with E-state index in [2.05, 4.69) is 69.2 Å². The number of aliphatic hydroxyl groups is 2. The smallest absolute Gasteiger partial charge is 0.104 e. The molecule has 8 atom stereocenters. The van der Waals surface area contributed by atoms with Gasteiger partial charge in [0.15, 0.2) is 0 Å². The van der Waals surface area contributed by atoms with Crippen LogP contribution in [0.2, 0.25) is 0 Å². The van der Waals surface area contributed by atoms with E-state index in [9.17, 15) is 10.2 Å². The predicted molar refractivity (Wildman–Crippen MR) is 371 cm³/mol. The zero-order chi connectivity index (χ0) is 61.6. The number of aliphatic hydroxyl groups excluding tert-OH is 2. The average molecular weight is 1190 g/mol. The van der Waals surface area contributed by atoms with Crippen LogP contribution in [0, 0.1) is 47.3 Å². The maximum Gasteiger partial charge on any atom is 0.104 e. The lowest BCUT2D eigenvalue weighted by atomic mass is 9.91. The summed E-state index contributed by atoms with van der Waals surface area (Å²) in [6.45, 7) is 28.1. The Bertz CT molecular complexity index is 1140. The van der Waals surface area contributed by atoms with Crippen molar-refractivity contribution in [3.63, 3.8) is 0 Å². The lowest BCUT2D eigenvalue weighted by molar-refractivity contribution is -0.0459. The molecule has 0 aliphatic heterocycles. The summed E-state index contributed by atoms with van der Waals surface area (Å²) in [6, 6.07) is 0. The Morgan fingerprint density at radius 1 is 0.202 bits per heavy atom. The third-order valence-corrected chi connectivity index (χ3v) is 19.3. The van der Waals surface area contributed by atoms with Gasteiger partial charge < -0.3 is 29.2 Å². The molecule has 0 aromatic rings. The number of hydrogen-bond acceptors (Lipinski definition) is 6. The number of rotatable bonds is 71. The summed E-state index contributed by atoms with van der Waals surface area (Å²) in [5.41, 5.74) is 0. The van der Waals surface area contributed by atoms with Crippen LogP contribution in [0.5, 0.6) is 0 Å². The van der Waals surface area contributed by atoms with Crippen molar-refractivity contribution in [2.24, 2.45) is 47.3 Å². The van der Waals surface area contributed by atoms with Gasteiger partial charge in [-0.15, -0.1) is 0 Å². The van der Waals surface area contributed by atoms with Crippen LogP contribution < -0.4 is 0 Å². The van der Waals surface area contributed by atoms with E-state index in [-0.39, 0.29) is 25.4 Å². The second-order valence-electron chi connectivity index (χ2n) is 29.7. The summed E-state index contributed by atoms with van der Waals surface area (Å²) in [5, 5.41) is 19.6. The summed E-state index contributed by atoms with van der Waals surface area (Å²) < 4.78 is 23.9. The highest BCUT2D eigenvalue weighted by atomic mass is 16.5. The second-order valence-corrected chi connectivity index (χ2v) is 29.7. The first-order valence-corrected chi connectivity index (χ1v) is 38.5. The highest BCUT2D eigenvalue weighted by Crippen LogP contribution is 2.26. The van der Waals surface area contributed by atoms with Crippen LogP contribution in [-0.4, -0.2) is 75.3 Å². The SMILES string of the molecule is CC(C)CCC[C@@H](C)CCC[C@@H](C)CCCC(C)CCO[C@@H](CO)COCCCCCCCCCCCCCCCCCCCCCCCCCCCCCCCCOC[C@H](CO)OCCC(C)CCC[C@H](C)CCC[C@H](C)CCCC(C)C. The van der Waals surface area contributed by atoms with Crippen molar-refractivity contribution in [3.8, 4) is 0 Å². The van der Waals surface area contributed by atoms with E-state index in [1.165, 1.54) is 295 Å². The minimum Gasteiger partial charge on any atom is -0.394 e. The zero-order valence-electron chi connectivity index (χ0n) is 59.3. The van der Waals surface area contributed by atoms with Crippen molar-refractivity contribution in [1.29, 1.82) is 0 Å². The van der Waals surface area contributed by atoms with Gasteiger partial charge in [-0.05, 0) is 73.0 Å². The lowest BCUT2D eigenvalue weighted by Crippen LogP contribution is -2.25. The molecule has 6 heteroatoms. The van der Waals surface area contributed by atoms with Crippen LogP contribution >= 0.6 is 0 Å². The van der Waals surface area contributed by atoms with Gasteiger partial charge in [-0.2, -0.15) is 0 Å². The summed E-state index contributed by atoms with van der Waals surface area (Å²) >= 11 is 0. The molecule has 0 fully saturated rings. The summed E-state index contributed by atoms with van der Waals surface area (Å²) in [4.78, 5) is 0. The van der Waals surface area contributed by atoms with Gasteiger partial charge in [0.05, 0.1) is 26.4 Å². The van der Waals surface area contributed by atoms with Crippen LogP contribution in [0.3, 0.4) is 0 Å². The van der Waals surface area contributed by atoms with Crippen LogP contribution in [0.25, 0.3) is 0 Å². The maximum atomic E-state index is 9.82. The molecule has 0 heterocycles. The third kappa shape index (κ3) is 64.7. The molecule has 0 saturated heterocycles. The first-order chi connectivity index (χ1) is 40.9. The molecule has 0 rings (SSSR count). The van der Waals surface area contributed by atoms with Crippen LogP contribution in [-0.2, 0) is 18.9 Å². The quantitative estimate of drug-likeness (QED) is 0.0591. The molecule has 6 nitrogen and oxygen atoms in total. The fourth-order valence-electron chi connectivity index (χ4n) is 12.8. The van der Waals surface area contributed by atoms with Gasteiger partial charge in [0.1, 0.15) is 12.2 Å². The molecule has 0 amide bonds. The van der Waals surface area contributed by atoms with Gasteiger partial charge in [0, 0.05) is 26.4 Å². The molecule has 0 aromatic carbocycles. The van der Waals surface area contributed by atoms with Gasteiger partial charge in [0.25, 0.3) is 0 Å². The Morgan fingerprint density at radius 2 is 0.381 bits per heavy atom. The predicted octanol–water partition coefficient (Wildman–Crippen LogP) is 24.4. The molecular weight excluding hydrogens is 1030 g/mol. The number of unbranched alkanes of at least 4 members (excludes halogenated alkanes) is 29. The molecule has 2 N–H and O–H groups in total. The van der Waals surface area contributed by atoms with Gasteiger partial charge in [0.2, 0.25) is 0 Å². The van der Waals surface area contributed by atoms with Gasteiger partial charge >= 0.3 is 0 Å². The standard InChI is InChI=1S/C78H158O6/c1-69(2)47-41-49-71(5)51-43-53-73(7)55-45-57-75(9)59-63-83-77(65-79)67-81-61-39-37-35-33-31-29-27-25-23-21-19-17-15-13-11-12-14-16-18-20-22-24-26-28-30-32-34-36-38-40-62-82-68-78(66-80)84-64-60-76(10)58-46-56-74(8)54-44-52-72(6)50-42-48-70(3)4/h69-80H,11-68H2,1-10H3/t71-,72-,73-,74-,75?,76?,77+,78+/m1/s1. The molecule has 0 bridgehead atoms. The van der Waals surface area contributed by atoms with Gasteiger partial charge in [-0.1, -0.05) is 365 Å². The number of hydrogen-bond donors (Lipinski definition) is 2. The van der Waals surface area contributed by atoms with Gasteiger partial charge in [-0.3, -0.25) is 0 Å². The highest BCUT2D eigenvalue weighted by Gasteiger charge is 2.14. The average Bonchev–Trinajstić information content (AvgIpc) is 3.46. The summed E-state index contributed by atoms with van der Waals surface area (Å²) in [7, 11) is 0. The van der Waals surface area contributed by atoms with Crippen molar-refractivity contribution in [2.45, 2.75) is 402 Å². The monoisotopic (exact) mass is 1190 g/mol. The Balaban J connectivity index is 3.40. The molecule has 84 heavy (non-hydrogen) atoms. The van der Waals surface area contributed by atoms with Crippen LogP contribution in [0.15, 0.2) is 0 Å². The molecule has 0 aliphatic carbocycles. The van der Waals surface area contributed by atoms with Crippen molar-refractivity contribution >= 4 is 0 Å². The van der Waals surface area contributed by atoms with Crippen molar-refractivity contribution in [3.05, 3.63) is 0 Å². The van der Waals surface area contributed by atoms with E-state index in [0.29, 0.717) is 25.0 Å². The van der Waals surface area contributed by atoms with E-state index in [1.54, 1.807) is 0 Å². The molecule has 0 aromatic heterocycles. The lowest BCUT2D eigenvalue weighted by Gasteiger charge is -2.18. The summed E-state index contributed by atoms with van der Waals surface area (Å²) in [5.74, 6) is 6.53. The van der Waals surface area contributed by atoms with Crippen molar-refractivity contribution < 1.29 is 29.2 Å². The van der Waals surface area contributed by atoms with Crippen LogP contribution in [0.4, 0.5) is 0 Å². The molecule has 0 spiro atoms. The molecule has 0 radical (unpaired) electrons. The molecule has 0 saturated carbocycles. The Hall–Kier alpha value is -0.240. The minimum absolute atomic E-state index is 0.0518. The fourth-order valence-corrected chi connectivity index (χ4v) is 12.8. The Labute approximate surface area is 529 Å². The Kier molecular flexibility index (Phi) is 65.5. The van der Waals surface area contributed by atoms with Crippen molar-refractivity contribution in [1.82, 2.24) is 0 Å². The van der Waals surface area contributed by atoms with Gasteiger partial charge in [-0.25, -0.2) is 0 Å². The van der Waals surface area contributed by atoms with E-state index < -0.39 is 0 Å². The normalized spacial score (nSPS) is 15.1. The van der Waals surface area contributed by atoms with E-state index in [4.69, 9.17) is 18.9 Å². The molecule has 506 valence electrons. The molecular formula is C78H158O6. The maximum absolute atomic E-state index is 9.82.